The summed E-state index contributed by atoms with van der Waals surface area (Å²) in [5.41, 5.74) is -0.462. The summed E-state index contributed by atoms with van der Waals surface area (Å²) >= 11 is 5.71. The Hall–Kier alpha value is -2.74. The van der Waals surface area contributed by atoms with Crippen molar-refractivity contribution in [2.24, 2.45) is 0 Å². The molecule has 2 aromatic rings. The molecular formula is C14H9ClF2N2O4. The lowest BCUT2D eigenvalue weighted by atomic mass is 10.1. The van der Waals surface area contributed by atoms with Crippen molar-refractivity contribution in [3.05, 3.63) is 63.2 Å². The van der Waals surface area contributed by atoms with E-state index in [0.29, 0.717) is 10.7 Å². The molecule has 6 nitrogen and oxygen atoms in total. The van der Waals surface area contributed by atoms with E-state index in [2.05, 4.69) is 10.1 Å². The van der Waals surface area contributed by atoms with E-state index in [1.807, 2.05) is 0 Å². The van der Waals surface area contributed by atoms with Crippen LogP contribution in [-0.4, -0.2) is 17.4 Å². The van der Waals surface area contributed by atoms with E-state index in [9.17, 15) is 23.7 Å². The maximum absolute atomic E-state index is 12.4. The molecule has 23 heavy (non-hydrogen) atoms. The van der Waals surface area contributed by atoms with Gasteiger partial charge < -0.3 is 10.1 Å². The number of rotatable bonds is 5. The van der Waals surface area contributed by atoms with Crippen molar-refractivity contribution in [3.63, 3.8) is 0 Å². The van der Waals surface area contributed by atoms with Crippen LogP contribution in [0.3, 0.4) is 0 Å². The number of non-ortho nitro benzene ring substituents is 1. The Morgan fingerprint density at radius 3 is 2.43 bits per heavy atom. The monoisotopic (exact) mass is 342 g/mol. The highest BCUT2D eigenvalue weighted by molar-refractivity contribution is 6.30. The van der Waals surface area contributed by atoms with Gasteiger partial charge in [-0.25, -0.2) is 0 Å². The van der Waals surface area contributed by atoms with Crippen LogP contribution in [0.4, 0.5) is 20.2 Å². The number of anilines is 1. The molecule has 0 bridgehead atoms. The summed E-state index contributed by atoms with van der Waals surface area (Å²) in [6.45, 7) is -3.17. The molecule has 0 saturated heterocycles. The Balaban J connectivity index is 2.33. The van der Waals surface area contributed by atoms with Crippen LogP contribution in [0.1, 0.15) is 10.4 Å². The van der Waals surface area contributed by atoms with E-state index in [0.717, 1.165) is 18.2 Å². The quantitative estimate of drug-likeness (QED) is 0.655. The van der Waals surface area contributed by atoms with Crippen molar-refractivity contribution in [2.45, 2.75) is 6.61 Å². The first-order valence-corrected chi connectivity index (χ1v) is 6.55. The average Bonchev–Trinajstić information content (AvgIpc) is 2.49. The van der Waals surface area contributed by atoms with Crippen molar-refractivity contribution < 1.29 is 23.2 Å². The van der Waals surface area contributed by atoms with E-state index in [1.165, 1.54) is 24.3 Å². The number of nitro benzene ring substituents is 1. The SMILES string of the molecule is O=C(Nc1ccc(Cl)cc1)c1cc([N+](=O)[O-])ccc1OC(F)F. The summed E-state index contributed by atoms with van der Waals surface area (Å²) in [4.78, 5) is 22.2. The van der Waals surface area contributed by atoms with E-state index in [4.69, 9.17) is 11.6 Å². The second-order valence-corrected chi connectivity index (χ2v) is 4.71. The van der Waals surface area contributed by atoms with Crippen molar-refractivity contribution in [1.82, 2.24) is 0 Å². The molecule has 0 fully saturated rings. The fourth-order valence-corrected chi connectivity index (χ4v) is 1.87. The topological polar surface area (TPSA) is 81.5 Å². The number of carbonyl (C=O) groups excluding carboxylic acids is 1. The molecule has 0 heterocycles. The Morgan fingerprint density at radius 1 is 1.22 bits per heavy atom. The predicted molar refractivity (Wildman–Crippen MR) is 79.1 cm³/mol. The van der Waals surface area contributed by atoms with Crippen molar-refractivity contribution in [1.29, 1.82) is 0 Å². The van der Waals surface area contributed by atoms with Gasteiger partial charge in [-0.1, -0.05) is 11.6 Å². The Morgan fingerprint density at radius 2 is 1.87 bits per heavy atom. The van der Waals surface area contributed by atoms with Crippen LogP contribution in [0, 0.1) is 10.1 Å². The number of halogens is 3. The third-order valence-electron chi connectivity index (χ3n) is 2.74. The summed E-state index contributed by atoms with van der Waals surface area (Å²) in [5, 5.41) is 13.6. The molecule has 0 aliphatic carbocycles. The minimum Gasteiger partial charge on any atom is -0.434 e. The minimum absolute atomic E-state index is 0.342. The number of amides is 1. The number of nitrogens with zero attached hydrogens (tertiary/aromatic N) is 1. The molecule has 0 saturated carbocycles. The van der Waals surface area contributed by atoms with Crippen molar-refractivity contribution >= 4 is 28.9 Å². The normalized spacial score (nSPS) is 10.4. The van der Waals surface area contributed by atoms with Crippen LogP contribution in [0.5, 0.6) is 5.75 Å². The van der Waals surface area contributed by atoms with Crippen LogP contribution < -0.4 is 10.1 Å². The number of hydrogen-bond donors (Lipinski definition) is 1. The largest absolute Gasteiger partial charge is 0.434 e. The van der Waals surface area contributed by atoms with Gasteiger partial charge in [0.1, 0.15) is 5.75 Å². The molecule has 0 aromatic heterocycles. The summed E-state index contributed by atoms with van der Waals surface area (Å²) in [6.07, 6.45) is 0. The molecule has 9 heteroatoms. The Kier molecular flexibility index (Phi) is 5.07. The van der Waals surface area contributed by atoms with Gasteiger partial charge in [-0.05, 0) is 30.3 Å². The van der Waals surface area contributed by atoms with Gasteiger partial charge in [-0.2, -0.15) is 8.78 Å². The van der Waals surface area contributed by atoms with E-state index < -0.39 is 28.9 Å². The van der Waals surface area contributed by atoms with Gasteiger partial charge in [-0.3, -0.25) is 14.9 Å². The summed E-state index contributed by atoms with van der Waals surface area (Å²) in [7, 11) is 0. The van der Waals surface area contributed by atoms with Gasteiger partial charge >= 0.3 is 6.61 Å². The van der Waals surface area contributed by atoms with Gasteiger partial charge in [0, 0.05) is 22.8 Å². The molecule has 0 radical (unpaired) electrons. The van der Waals surface area contributed by atoms with Gasteiger partial charge in [0.05, 0.1) is 10.5 Å². The molecule has 0 spiro atoms. The maximum Gasteiger partial charge on any atom is 0.387 e. The highest BCUT2D eigenvalue weighted by Gasteiger charge is 2.20. The smallest absolute Gasteiger partial charge is 0.387 e. The highest BCUT2D eigenvalue weighted by Crippen LogP contribution is 2.27. The second kappa shape index (κ2) is 7.01. The number of nitro groups is 1. The summed E-state index contributed by atoms with van der Waals surface area (Å²) < 4.78 is 29.0. The van der Waals surface area contributed by atoms with Crippen LogP contribution in [0.25, 0.3) is 0 Å². The van der Waals surface area contributed by atoms with E-state index in [1.54, 1.807) is 0 Å². The standard InChI is InChI=1S/C14H9ClF2N2O4/c15-8-1-3-9(4-2-8)18-13(20)11-7-10(19(21)22)5-6-12(11)23-14(16)17/h1-7,14H,(H,18,20). The van der Waals surface area contributed by atoms with Crippen molar-refractivity contribution in [3.8, 4) is 5.75 Å². The molecule has 2 aromatic carbocycles. The molecular weight excluding hydrogens is 334 g/mol. The maximum atomic E-state index is 12.4. The number of ether oxygens (including phenoxy) is 1. The molecule has 1 N–H and O–H groups in total. The number of alkyl halides is 2. The first-order valence-electron chi connectivity index (χ1n) is 6.17. The molecule has 0 unspecified atom stereocenters. The zero-order valence-corrected chi connectivity index (χ0v) is 12.1. The summed E-state index contributed by atoms with van der Waals surface area (Å²) in [5.74, 6) is -1.29. The second-order valence-electron chi connectivity index (χ2n) is 4.28. The molecule has 0 atom stereocenters. The van der Waals surface area contributed by atoms with E-state index in [-0.39, 0.29) is 5.56 Å². The number of nitrogens with one attached hydrogen (secondary N) is 1. The van der Waals surface area contributed by atoms with Crippen LogP contribution in [-0.2, 0) is 0 Å². The molecule has 120 valence electrons. The van der Waals surface area contributed by atoms with Crippen LogP contribution in [0.2, 0.25) is 5.02 Å². The zero-order valence-electron chi connectivity index (χ0n) is 11.3. The lowest BCUT2D eigenvalue weighted by Gasteiger charge is -2.11. The molecule has 2 rings (SSSR count). The van der Waals surface area contributed by atoms with Gasteiger partial charge in [-0.15, -0.1) is 0 Å². The van der Waals surface area contributed by atoms with Crippen LogP contribution in [0.15, 0.2) is 42.5 Å². The van der Waals surface area contributed by atoms with Crippen molar-refractivity contribution in [2.75, 3.05) is 5.32 Å². The fourth-order valence-electron chi connectivity index (χ4n) is 1.74. The fraction of sp³-hybridized carbons (Fsp3) is 0.0714. The molecule has 0 aliphatic heterocycles. The van der Waals surface area contributed by atoms with Gasteiger partial charge in [0.15, 0.2) is 0 Å². The lowest BCUT2D eigenvalue weighted by Crippen LogP contribution is -2.15. The highest BCUT2D eigenvalue weighted by atomic mass is 35.5. The predicted octanol–water partition coefficient (Wildman–Crippen LogP) is 4.10. The Labute approximate surface area is 133 Å². The zero-order chi connectivity index (χ0) is 17.0. The molecule has 1 amide bonds. The summed E-state index contributed by atoms with van der Waals surface area (Å²) in [6, 6.07) is 8.79. The minimum atomic E-state index is -3.17. The third kappa shape index (κ3) is 4.36. The van der Waals surface area contributed by atoms with Gasteiger partial charge in [0.25, 0.3) is 11.6 Å². The number of hydrogen-bond acceptors (Lipinski definition) is 4. The number of carbonyl (C=O) groups is 1. The first-order chi connectivity index (χ1) is 10.9. The van der Waals surface area contributed by atoms with E-state index >= 15 is 0 Å². The lowest BCUT2D eigenvalue weighted by molar-refractivity contribution is -0.384. The first kappa shape index (κ1) is 16.6. The Bertz CT molecular complexity index is 738. The average molecular weight is 343 g/mol. The molecule has 0 aliphatic rings. The van der Waals surface area contributed by atoms with Gasteiger partial charge in [0.2, 0.25) is 0 Å². The van der Waals surface area contributed by atoms with Crippen LogP contribution >= 0.6 is 11.6 Å². The number of benzene rings is 2. The third-order valence-corrected chi connectivity index (χ3v) is 2.99.